The van der Waals surface area contributed by atoms with Crippen molar-refractivity contribution in [3.8, 4) is 0 Å². The summed E-state index contributed by atoms with van der Waals surface area (Å²) in [6.07, 6.45) is 2.12. The van der Waals surface area contributed by atoms with Crippen LogP contribution in [0.15, 0.2) is 0 Å². The first kappa shape index (κ1) is 13.4. The van der Waals surface area contributed by atoms with Crippen molar-refractivity contribution in [2.24, 2.45) is 0 Å². The average Bonchev–Trinajstić information content (AvgIpc) is 2.27. The number of halogens is 1. The van der Waals surface area contributed by atoms with E-state index in [0.29, 0.717) is 32.6 Å². The fourth-order valence-electron chi connectivity index (χ4n) is 1.46. The predicted octanol–water partition coefficient (Wildman–Crippen LogP) is 1.26. The number of sulfonamides is 1. The van der Waals surface area contributed by atoms with Gasteiger partial charge in [0.2, 0.25) is 10.0 Å². The van der Waals surface area contributed by atoms with Crippen LogP contribution < -0.4 is 4.72 Å². The molecule has 0 aromatic carbocycles. The molecule has 0 aromatic rings. The molecule has 1 aliphatic heterocycles. The van der Waals surface area contributed by atoms with Gasteiger partial charge < -0.3 is 4.74 Å². The van der Waals surface area contributed by atoms with E-state index >= 15 is 0 Å². The molecule has 90 valence electrons. The smallest absolute Gasteiger partial charge is 0.214 e. The van der Waals surface area contributed by atoms with E-state index in [1.165, 1.54) is 0 Å². The predicted molar refractivity (Wildman–Crippen MR) is 63.8 cm³/mol. The third kappa shape index (κ3) is 4.38. The monoisotopic (exact) mass is 299 g/mol. The maximum Gasteiger partial charge on any atom is 0.214 e. The van der Waals surface area contributed by atoms with Crippen molar-refractivity contribution in [3.63, 3.8) is 0 Å². The lowest BCUT2D eigenvalue weighted by molar-refractivity contribution is 0.0981. The molecule has 1 saturated heterocycles. The first-order chi connectivity index (χ1) is 7.06. The highest BCUT2D eigenvalue weighted by Crippen LogP contribution is 2.15. The molecule has 1 aliphatic rings. The van der Waals surface area contributed by atoms with Crippen LogP contribution >= 0.6 is 15.9 Å². The van der Waals surface area contributed by atoms with Crippen LogP contribution in [0.4, 0.5) is 0 Å². The lowest BCUT2D eigenvalue weighted by atomic mass is 10.2. The summed E-state index contributed by atoms with van der Waals surface area (Å²) in [6, 6.07) is 0. The number of hydrogen-bond acceptors (Lipinski definition) is 3. The van der Waals surface area contributed by atoms with Gasteiger partial charge in [-0.1, -0.05) is 22.9 Å². The summed E-state index contributed by atoms with van der Waals surface area (Å²) in [7, 11) is -3.15. The molecule has 1 atom stereocenters. The summed E-state index contributed by atoms with van der Waals surface area (Å²) < 4.78 is 31.4. The summed E-state index contributed by atoms with van der Waals surface area (Å²) in [5.41, 5.74) is 0. The zero-order valence-corrected chi connectivity index (χ0v) is 11.3. The Hall–Kier alpha value is 0.350. The van der Waals surface area contributed by atoms with Crippen LogP contribution in [0.25, 0.3) is 0 Å². The molecule has 0 amide bonds. The van der Waals surface area contributed by atoms with Crippen molar-refractivity contribution >= 4 is 26.0 Å². The van der Waals surface area contributed by atoms with Crippen LogP contribution in [-0.4, -0.2) is 38.3 Å². The third-order valence-corrected chi connectivity index (χ3v) is 5.45. The van der Waals surface area contributed by atoms with Gasteiger partial charge in [0.25, 0.3) is 0 Å². The summed E-state index contributed by atoms with van der Waals surface area (Å²) in [6.45, 7) is 3.59. The van der Waals surface area contributed by atoms with Crippen LogP contribution in [0, 0.1) is 0 Å². The molecule has 0 spiro atoms. The van der Waals surface area contributed by atoms with Gasteiger partial charge in [0, 0.05) is 24.6 Å². The van der Waals surface area contributed by atoms with Crippen LogP contribution in [0.5, 0.6) is 0 Å². The summed E-state index contributed by atoms with van der Waals surface area (Å²) in [5, 5.41) is -0.275. The number of hydrogen-bond donors (Lipinski definition) is 1. The number of alkyl halides is 1. The first-order valence-electron chi connectivity index (χ1n) is 5.26. The highest BCUT2D eigenvalue weighted by molar-refractivity contribution is 9.09. The zero-order chi connectivity index (χ0) is 11.3. The topological polar surface area (TPSA) is 55.4 Å². The molecule has 0 aromatic heterocycles. The molecule has 6 heteroatoms. The second-order valence-electron chi connectivity index (χ2n) is 3.71. The van der Waals surface area contributed by atoms with E-state index in [1.807, 2.05) is 6.92 Å². The molecule has 15 heavy (non-hydrogen) atoms. The highest BCUT2D eigenvalue weighted by Gasteiger charge is 2.27. The fourth-order valence-corrected chi connectivity index (χ4v) is 3.31. The Morgan fingerprint density at radius 3 is 2.60 bits per heavy atom. The van der Waals surface area contributed by atoms with Gasteiger partial charge >= 0.3 is 0 Å². The van der Waals surface area contributed by atoms with E-state index in [9.17, 15) is 8.42 Å². The summed E-state index contributed by atoms with van der Waals surface area (Å²) in [4.78, 5) is 0.215. The largest absolute Gasteiger partial charge is 0.381 e. The Labute approximate surface area is 99.9 Å². The van der Waals surface area contributed by atoms with Crippen molar-refractivity contribution in [2.75, 3.05) is 19.8 Å². The van der Waals surface area contributed by atoms with Crippen LogP contribution in [0.3, 0.4) is 0 Å². The second-order valence-corrected chi connectivity index (χ2v) is 7.05. The van der Waals surface area contributed by atoms with Gasteiger partial charge in [0.1, 0.15) is 0 Å². The molecule has 1 fully saturated rings. The molecule has 0 saturated carbocycles. The van der Waals surface area contributed by atoms with Crippen molar-refractivity contribution in [2.45, 2.75) is 36.3 Å². The van der Waals surface area contributed by atoms with E-state index < -0.39 is 10.0 Å². The molecular weight excluding hydrogens is 282 g/mol. The molecule has 1 unspecified atom stereocenters. The number of ether oxygens (including phenoxy) is 1. The lowest BCUT2D eigenvalue weighted by Gasteiger charge is -2.22. The second kappa shape index (κ2) is 6.18. The minimum atomic E-state index is -3.15. The van der Waals surface area contributed by atoms with E-state index in [4.69, 9.17) is 4.74 Å². The van der Waals surface area contributed by atoms with Gasteiger partial charge in [0.15, 0.2) is 0 Å². The Bertz CT molecular complexity index is 275. The Morgan fingerprint density at radius 2 is 2.07 bits per heavy atom. The molecule has 4 nitrogen and oxygen atoms in total. The van der Waals surface area contributed by atoms with E-state index in [-0.39, 0.29) is 10.1 Å². The van der Waals surface area contributed by atoms with Crippen LogP contribution in [0.1, 0.15) is 26.2 Å². The van der Waals surface area contributed by atoms with Gasteiger partial charge in [-0.25, -0.2) is 13.1 Å². The first-order valence-corrected chi connectivity index (χ1v) is 7.72. The lowest BCUT2D eigenvalue weighted by Crippen LogP contribution is -2.40. The van der Waals surface area contributed by atoms with Gasteiger partial charge in [-0.2, -0.15) is 0 Å². The average molecular weight is 300 g/mol. The molecular formula is C9H18BrNO3S. The fraction of sp³-hybridized carbons (Fsp3) is 1.00. The van der Waals surface area contributed by atoms with E-state index in [0.717, 1.165) is 6.42 Å². The van der Waals surface area contributed by atoms with Gasteiger partial charge in [-0.15, -0.1) is 0 Å². The van der Waals surface area contributed by atoms with E-state index in [1.54, 1.807) is 0 Å². The minimum absolute atomic E-state index is 0.215. The van der Waals surface area contributed by atoms with Crippen molar-refractivity contribution in [3.05, 3.63) is 0 Å². The molecule has 0 radical (unpaired) electrons. The minimum Gasteiger partial charge on any atom is -0.381 e. The molecule has 0 aliphatic carbocycles. The van der Waals surface area contributed by atoms with Crippen molar-refractivity contribution in [1.29, 1.82) is 0 Å². The normalized spacial score (nSPS) is 21.5. The Kier molecular flexibility index (Phi) is 5.52. The molecule has 1 rings (SSSR count). The van der Waals surface area contributed by atoms with Gasteiger partial charge in [-0.3, -0.25) is 0 Å². The maximum absolute atomic E-state index is 11.8. The third-order valence-electron chi connectivity index (χ3n) is 2.56. The Balaban J connectivity index is 2.43. The number of nitrogens with one attached hydrogen (secondary N) is 1. The molecule has 0 bridgehead atoms. The molecule has 1 N–H and O–H groups in total. The van der Waals surface area contributed by atoms with Crippen molar-refractivity contribution < 1.29 is 13.2 Å². The summed E-state index contributed by atoms with van der Waals surface area (Å²) in [5.74, 6) is 0. The standard InChI is InChI=1S/C9H18BrNO3S/c1-2-8(10)7-11-15(12,13)9-3-5-14-6-4-9/h8-9,11H,2-7H2,1H3. The quantitative estimate of drug-likeness (QED) is 0.778. The van der Waals surface area contributed by atoms with Crippen LogP contribution in [0.2, 0.25) is 0 Å². The molecule has 1 heterocycles. The SMILES string of the molecule is CCC(Br)CNS(=O)(=O)C1CCOCC1. The Morgan fingerprint density at radius 1 is 1.47 bits per heavy atom. The zero-order valence-electron chi connectivity index (χ0n) is 8.91. The highest BCUT2D eigenvalue weighted by atomic mass is 79.9. The summed E-state index contributed by atoms with van der Waals surface area (Å²) >= 11 is 3.40. The van der Waals surface area contributed by atoms with E-state index in [2.05, 4.69) is 20.7 Å². The van der Waals surface area contributed by atoms with Gasteiger partial charge in [0.05, 0.1) is 5.25 Å². The van der Waals surface area contributed by atoms with Crippen LogP contribution in [-0.2, 0) is 14.8 Å². The maximum atomic E-state index is 11.8. The number of rotatable bonds is 5. The van der Waals surface area contributed by atoms with Gasteiger partial charge in [-0.05, 0) is 19.3 Å². The van der Waals surface area contributed by atoms with Crippen molar-refractivity contribution in [1.82, 2.24) is 4.72 Å².